The molecule has 0 bridgehead atoms. The number of aryl methyl sites for hydroxylation is 2. The van der Waals surface area contributed by atoms with Crippen LogP contribution in [-0.4, -0.2) is 32.1 Å². The lowest BCUT2D eigenvalue weighted by Gasteiger charge is -2.27. The smallest absolute Gasteiger partial charge is 0.254 e. The molecule has 1 aliphatic rings. The maximum Gasteiger partial charge on any atom is 0.254 e. The minimum Gasteiger partial charge on any atom is -0.398 e. The molecule has 0 atom stereocenters. The van der Waals surface area contributed by atoms with Gasteiger partial charge in [0.1, 0.15) is 6.33 Å². The quantitative estimate of drug-likeness (QED) is 0.789. The Morgan fingerprint density at radius 1 is 1.25 bits per heavy atom. The Kier molecular flexibility index (Phi) is 2.93. The Morgan fingerprint density at radius 2 is 2.05 bits per heavy atom. The highest BCUT2D eigenvalue weighted by atomic mass is 16.2. The fourth-order valence-corrected chi connectivity index (χ4v) is 2.51. The number of nitrogen functional groups attached to an aromatic ring is 1. The van der Waals surface area contributed by atoms with Crippen LogP contribution in [0.25, 0.3) is 0 Å². The molecule has 0 aliphatic carbocycles. The van der Waals surface area contributed by atoms with Crippen LogP contribution in [0.3, 0.4) is 0 Å². The molecule has 0 unspecified atom stereocenters. The molecular weight excluding hydrogens is 254 g/mol. The van der Waals surface area contributed by atoms with Crippen molar-refractivity contribution in [2.75, 3.05) is 12.3 Å². The van der Waals surface area contributed by atoms with Gasteiger partial charge in [0.15, 0.2) is 5.82 Å². The predicted molar refractivity (Wildman–Crippen MR) is 75.1 cm³/mol. The molecule has 2 heterocycles. The summed E-state index contributed by atoms with van der Waals surface area (Å²) in [5, 5.41) is 7.90. The van der Waals surface area contributed by atoms with Crippen LogP contribution in [0.5, 0.6) is 0 Å². The van der Waals surface area contributed by atoms with E-state index in [0.717, 1.165) is 23.5 Å². The number of nitrogens with zero attached hydrogens (tertiary/aromatic N) is 4. The summed E-state index contributed by atoms with van der Waals surface area (Å²) in [6.45, 7) is 5.77. The molecule has 0 fully saturated rings. The predicted octanol–water partition coefficient (Wildman–Crippen LogP) is 1.13. The monoisotopic (exact) mass is 271 g/mol. The van der Waals surface area contributed by atoms with Gasteiger partial charge in [-0.25, -0.2) is 0 Å². The number of carbonyl (C=O) groups is 1. The van der Waals surface area contributed by atoms with Crippen molar-refractivity contribution in [2.45, 2.75) is 26.9 Å². The first-order valence-corrected chi connectivity index (χ1v) is 6.59. The van der Waals surface area contributed by atoms with E-state index in [9.17, 15) is 4.79 Å². The van der Waals surface area contributed by atoms with Gasteiger partial charge in [0, 0.05) is 24.3 Å². The second kappa shape index (κ2) is 4.63. The van der Waals surface area contributed by atoms with Gasteiger partial charge in [0.2, 0.25) is 0 Å². The number of hydrogen-bond acceptors (Lipinski definition) is 4. The van der Waals surface area contributed by atoms with Crippen molar-refractivity contribution in [3.8, 4) is 0 Å². The SMILES string of the molecule is Cc1cc(C)c(C(=O)N2CCn3cnnc3C2)cc1N. The Morgan fingerprint density at radius 3 is 2.85 bits per heavy atom. The van der Waals surface area contributed by atoms with Crippen molar-refractivity contribution < 1.29 is 4.79 Å². The molecule has 1 aromatic heterocycles. The van der Waals surface area contributed by atoms with Crippen LogP contribution >= 0.6 is 0 Å². The molecule has 1 aliphatic heterocycles. The summed E-state index contributed by atoms with van der Waals surface area (Å²) in [5.74, 6) is 0.825. The number of carbonyl (C=O) groups excluding carboxylic acids is 1. The van der Waals surface area contributed by atoms with Crippen LogP contribution in [0.1, 0.15) is 27.3 Å². The molecule has 6 heteroatoms. The van der Waals surface area contributed by atoms with E-state index >= 15 is 0 Å². The summed E-state index contributed by atoms with van der Waals surface area (Å²) in [7, 11) is 0. The molecule has 104 valence electrons. The van der Waals surface area contributed by atoms with E-state index in [1.165, 1.54) is 0 Å². The van der Waals surface area contributed by atoms with Gasteiger partial charge >= 0.3 is 0 Å². The first-order valence-electron chi connectivity index (χ1n) is 6.59. The van der Waals surface area contributed by atoms with Gasteiger partial charge in [-0.3, -0.25) is 4.79 Å². The van der Waals surface area contributed by atoms with Gasteiger partial charge in [-0.15, -0.1) is 10.2 Å². The van der Waals surface area contributed by atoms with Gasteiger partial charge in [-0.05, 0) is 31.0 Å². The minimum absolute atomic E-state index is 0.00319. The molecular formula is C14H17N5O. The molecule has 0 saturated carbocycles. The second-order valence-corrected chi connectivity index (χ2v) is 5.19. The Hall–Kier alpha value is -2.37. The molecule has 0 saturated heterocycles. The van der Waals surface area contributed by atoms with Gasteiger partial charge < -0.3 is 15.2 Å². The summed E-state index contributed by atoms with van der Waals surface area (Å²) in [6.07, 6.45) is 1.70. The summed E-state index contributed by atoms with van der Waals surface area (Å²) in [5.41, 5.74) is 9.19. The van der Waals surface area contributed by atoms with E-state index in [0.29, 0.717) is 24.3 Å². The van der Waals surface area contributed by atoms with Crippen molar-refractivity contribution in [1.82, 2.24) is 19.7 Å². The van der Waals surface area contributed by atoms with Crippen LogP contribution in [0.4, 0.5) is 5.69 Å². The van der Waals surface area contributed by atoms with Crippen LogP contribution in [0.2, 0.25) is 0 Å². The summed E-state index contributed by atoms with van der Waals surface area (Å²) in [4.78, 5) is 14.4. The van der Waals surface area contributed by atoms with Crippen LogP contribution in [-0.2, 0) is 13.1 Å². The van der Waals surface area contributed by atoms with E-state index in [-0.39, 0.29) is 5.91 Å². The average Bonchev–Trinajstić information content (AvgIpc) is 2.89. The molecule has 3 rings (SSSR count). The number of aromatic nitrogens is 3. The molecule has 0 radical (unpaired) electrons. The van der Waals surface area contributed by atoms with Crippen molar-refractivity contribution in [1.29, 1.82) is 0 Å². The highest BCUT2D eigenvalue weighted by Crippen LogP contribution is 2.21. The Balaban J connectivity index is 1.89. The summed E-state index contributed by atoms with van der Waals surface area (Å²) >= 11 is 0. The maximum atomic E-state index is 12.6. The lowest BCUT2D eigenvalue weighted by molar-refractivity contribution is 0.0707. The van der Waals surface area contributed by atoms with Gasteiger partial charge in [-0.2, -0.15) is 0 Å². The van der Waals surface area contributed by atoms with Crippen LogP contribution in [0, 0.1) is 13.8 Å². The van der Waals surface area contributed by atoms with Crippen LogP contribution < -0.4 is 5.73 Å². The van der Waals surface area contributed by atoms with Gasteiger partial charge in [0.25, 0.3) is 5.91 Å². The fourth-order valence-electron chi connectivity index (χ4n) is 2.51. The molecule has 1 aromatic carbocycles. The Bertz CT molecular complexity index is 676. The largest absolute Gasteiger partial charge is 0.398 e. The number of hydrogen-bond donors (Lipinski definition) is 1. The maximum absolute atomic E-state index is 12.6. The Labute approximate surface area is 117 Å². The third kappa shape index (κ3) is 2.03. The molecule has 1 amide bonds. The van der Waals surface area contributed by atoms with Crippen LogP contribution in [0.15, 0.2) is 18.5 Å². The topological polar surface area (TPSA) is 77.0 Å². The number of anilines is 1. The normalized spacial score (nSPS) is 14.2. The second-order valence-electron chi connectivity index (χ2n) is 5.19. The van der Waals surface area contributed by atoms with Gasteiger partial charge in [-0.1, -0.05) is 6.07 Å². The lowest BCUT2D eigenvalue weighted by atomic mass is 10.0. The van der Waals surface area contributed by atoms with E-state index in [4.69, 9.17) is 5.73 Å². The summed E-state index contributed by atoms with van der Waals surface area (Å²) in [6, 6.07) is 3.72. The number of rotatable bonds is 1. The molecule has 2 N–H and O–H groups in total. The standard InChI is InChI=1S/C14H17N5O/c1-9-5-10(2)12(15)6-11(9)14(20)18-3-4-19-8-16-17-13(19)7-18/h5-6,8H,3-4,7,15H2,1-2H3. The highest BCUT2D eigenvalue weighted by molar-refractivity contribution is 5.96. The fraction of sp³-hybridized carbons (Fsp3) is 0.357. The third-order valence-electron chi connectivity index (χ3n) is 3.77. The van der Waals surface area contributed by atoms with Crippen molar-refractivity contribution in [3.05, 3.63) is 41.0 Å². The molecule has 6 nitrogen and oxygen atoms in total. The zero-order chi connectivity index (χ0) is 14.3. The molecule has 2 aromatic rings. The number of nitrogens with two attached hydrogens (primary N) is 1. The zero-order valence-electron chi connectivity index (χ0n) is 11.6. The number of benzene rings is 1. The molecule has 20 heavy (non-hydrogen) atoms. The highest BCUT2D eigenvalue weighted by Gasteiger charge is 2.24. The van der Waals surface area contributed by atoms with Crippen molar-refractivity contribution in [3.63, 3.8) is 0 Å². The van der Waals surface area contributed by atoms with E-state index in [1.54, 1.807) is 17.3 Å². The van der Waals surface area contributed by atoms with E-state index in [1.807, 2.05) is 24.5 Å². The molecule has 0 spiro atoms. The first-order chi connectivity index (χ1) is 9.56. The number of amides is 1. The zero-order valence-corrected chi connectivity index (χ0v) is 11.6. The third-order valence-corrected chi connectivity index (χ3v) is 3.77. The summed E-state index contributed by atoms with van der Waals surface area (Å²) < 4.78 is 1.97. The number of fused-ring (bicyclic) bond motifs is 1. The first kappa shape index (κ1) is 12.7. The minimum atomic E-state index is 0.00319. The average molecular weight is 271 g/mol. The van der Waals surface area contributed by atoms with Crippen molar-refractivity contribution in [2.24, 2.45) is 0 Å². The van der Waals surface area contributed by atoms with Crippen molar-refractivity contribution >= 4 is 11.6 Å². The van der Waals surface area contributed by atoms with E-state index in [2.05, 4.69) is 10.2 Å². The van der Waals surface area contributed by atoms with E-state index < -0.39 is 0 Å². The lowest BCUT2D eigenvalue weighted by Crippen LogP contribution is -2.38. The van der Waals surface area contributed by atoms with Gasteiger partial charge in [0.05, 0.1) is 6.54 Å².